The van der Waals surface area contributed by atoms with Crippen LogP contribution in [0.25, 0.3) is 0 Å². The highest BCUT2D eigenvalue weighted by Gasteiger charge is 2.23. The molecule has 1 fully saturated rings. The molecule has 0 aliphatic carbocycles. The molecule has 1 saturated heterocycles. The van der Waals surface area contributed by atoms with E-state index in [0.29, 0.717) is 12.2 Å². The Balaban J connectivity index is 2.02. The molecule has 1 aromatic rings. The number of carbonyl (C=O) groups is 1. The SMILES string of the molecule is O=C1CCNC1Cc1ccncc1. The lowest BCUT2D eigenvalue weighted by Crippen LogP contribution is -2.29. The second-order valence-corrected chi connectivity index (χ2v) is 3.28. The third-order valence-corrected chi connectivity index (χ3v) is 2.34. The van der Waals surface area contributed by atoms with Crippen molar-refractivity contribution >= 4 is 5.78 Å². The van der Waals surface area contributed by atoms with Crippen LogP contribution >= 0.6 is 0 Å². The van der Waals surface area contributed by atoms with E-state index in [9.17, 15) is 4.79 Å². The van der Waals surface area contributed by atoms with Crippen molar-refractivity contribution in [3.8, 4) is 0 Å². The second-order valence-electron chi connectivity index (χ2n) is 3.28. The number of Topliss-reactive ketones (excluding diaryl/α,β-unsaturated/α-hetero) is 1. The van der Waals surface area contributed by atoms with E-state index < -0.39 is 0 Å². The molecule has 1 aliphatic rings. The highest BCUT2D eigenvalue weighted by molar-refractivity contribution is 5.86. The Morgan fingerprint density at radius 1 is 1.46 bits per heavy atom. The van der Waals surface area contributed by atoms with Crippen LogP contribution in [0.4, 0.5) is 0 Å². The topological polar surface area (TPSA) is 42.0 Å². The van der Waals surface area contributed by atoms with E-state index in [2.05, 4.69) is 10.3 Å². The zero-order chi connectivity index (χ0) is 9.10. The van der Waals surface area contributed by atoms with Gasteiger partial charge in [-0.15, -0.1) is 0 Å². The normalized spacial score (nSPS) is 22.2. The molecule has 13 heavy (non-hydrogen) atoms. The molecule has 3 nitrogen and oxygen atoms in total. The van der Waals surface area contributed by atoms with E-state index in [1.165, 1.54) is 5.56 Å². The Morgan fingerprint density at radius 2 is 2.23 bits per heavy atom. The van der Waals surface area contributed by atoms with Crippen molar-refractivity contribution < 1.29 is 4.79 Å². The lowest BCUT2D eigenvalue weighted by atomic mass is 10.1. The van der Waals surface area contributed by atoms with E-state index in [1.807, 2.05) is 12.1 Å². The molecule has 1 unspecified atom stereocenters. The summed E-state index contributed by atoms with van der Waals surface area (Å²) in [6, 6.07) is 3.93. The summed E-state index contributed by atoms with van der Waals surface area (Å²) in [5.41, 5.74) is 1.17. The highest BCUT2D eigenvalue weighted by Crippen LogP contribution is 2.07. The monoisotopic (exact) mass is 176 g/mol. The first kappa shape index (κ1) is 8.38. The number of carbonyl (C=O) groups excluding carboxylic acids is 1. The van der Waals surface area contributed by atoms with Gasteiger partial charge in [0, 0.05) is 25.4 Å². The Morgan fingerprint density at radius 3 is 2.85 bits per heavy atom. The summed E-state index contributed by atoms with van der Waals surface area (Å²) in [6.07, 6.45) is 4.99. The molecule has 0 spiro atoms. The predicted molar refractivity (Wildman–Crippen MR) is 49.4 cm³/mol. The lowest BCUT2D eigenvalue weighted by Gasteiger charge is -2.07. The zero-order valence-corrected chi connectivity index (χ0v) is 7.36. The molecule has 0 saturated carbocycles. The average Bonchev–Trinajstić information content (AvgIpc) is 2.54. The van der Waals surface area contributed by atoms with E-state index >= 15 is 0 Å². The predicted octanol–water partition coefficient (Wildman–Crippen LogP) is 0.555. The maximum absolute atomic E-state index is 11.3. The van der Waals surface area contributed by atoms with E-state index in [0.717, 1.165) is 13.0 Å². The van der Waals surface area contributed by atoms with Gasteiger partial charge in [0.15, 0.2) is 5.78 Å². The fourth-order valence-electron chi connectivity index (χ4n) is 1.60. The van der Waals surface area contributed by atoms with Gasteiger partial charge in [-0.3, -0.25) is 9.78 Å². The summed E-state index contributed by atoms with van der Waals surface area (Å²) in [7, 11) is 0. The molecule has 68 valence electrons. The molecular weight excluding hydrogens is 164 g/mol. The molecule has 0 aromatic carbocycles. The van der Waals surface area contributed by atoms with Crippen LogP contribution in [0.2, 0.25) is 0 Å². The first-order valence-electron chi connectivity index (χ1n) is 4.51. The molecule has 2 rings (SSSR count). The fraction of sp³-hybridized carbons (Fsp3) is 0.400. The number of rotatable bonds is 2. The van der Waals surface area contributed by atoms with Crippen LogP contribution in [0, 0.1) is 0 Å². The first-order chi connectivity index (χ1) is 6.36. The van der Waals surface area contributed by atoms with Crippen LogP contribution in [0.1, 0.15) is 12.0 Å². The summed E-state index contributed by atoms with van der Waals surface area (Å²) < 4.78 is 0. The van der Waals surface area contributed by atoms with Crippen molar-refractivity contribution in [2.24, 2.45) is 0 Å². The van der Waals surface area contributed by atoms with Gasteiger partial charge >= 0.3 is 0 Å². The summed E-state index contributed by atoms with van der Waals surface area (Å²) in [5.74, 6) is 0.330. The first-order valence-corrected chi connectivity index (χ1v) is 4.51. The Hall–Kier alpha value is -1.22. The molecule has 1 aromatic heterocycles. The third kappa shape index (κ3) is 1.92. The Bertz CT molecular complexity index is 297. The second kappa shape index (κ2) is 3.66. The summed E-state index contributed by atoms with van der Waals surface area (Å²) >= 11 is 0. The van der Waals surface area contributed by atoms with Crippen molar-refractivity contribution in [2.45, 2.75) is 18.9 Å². The number of pyridine rings is 1. The molecule has 1 N–H and O–H groups in total. The molecule has 1 atom stereocenters. The van der Waals surface area contributed by atoms with Gasteiger partial charge in [-0.25, -0.2) is 0 Å². The van der Waals surface area contributed by atoms with Gasteiger partial charge in [0.25, 0.3) is 0 Å². The van der Waals surface area contributed by atoms with Crippen LogP contribution in [-0.2, 0) is 11.2 Å². The minimum atomic E-state index is 0.0300. The molecule has 2 heterocycles. The number of hydrogen-bond acceptors (Lipinski definition) is 3. The van der Waals surface area contributed by atoms with Crippen molar-refractivity contribution in [1.29, 1.82) is 0 Å². The quantitative estimate of drug-likeness (QED) is 0.715. The van der Waals surface area contributed by atoms with E-state index in [4.69, 9.17) is 0 Å². The smallest absolute Gasteiger partial charge is 0.151 e. The van der Waals surface area contributed by atoms with Crippen LogP contribution < -0.4 is 5.32 Å². The molecule has 1 aliphatic heterocycles. The van der Waals surface area contributed by atoms with Gasteiger partial charge in [0.1, 0.15) is 0 Å². The van der Waals surface area contributed by atoms with Gasteiger partial charge in [-0.1, -0.05) is 0 Å². The largest absolute Gasteiger partial charge is 0.307 e. The van der Waals surface area contributed by atoms with Gasteiger partial charge in [0.2, 0.25) is 0 Å². The molecule has 0 bridgehead atoms. The van der Waals surface area contributed by atoms with Crippen molar-refractivity contribution in [3.05, 3.63) is 30.1 Å². The van der Waals surface area contributed by atoms with E-state index in [1.54, 1.807) is 12.4 Å². The number of aromatic nitrogens is 1. The molecule has 0 radical (unpaired) electrons. The van der Waals surface area contributed by atoms with Crippen LogP contribution in [-0.4, -0.2) is 23.4 Å². The standard InChI is InChI=1S/C10H12N2O/c13-10-3-6-12-9(10)7-8-1-4-11-5-2-8/h1-2,4-5,9,12H,3,6-7H2. The zero-order valence-electron chi connectivity index (χ0n) is 7.36. The molecular formula is C10H12N2O. The van der Waals surface area contributed by atoms with Crippen LogP contribution in [0.3, 0.4) is 0 Å². The third-order valence-electron chi connectivity index (χ3n) is 2.34. The Labute approximate surface area is 77.2 Å². The summed E-state index contributed by atoms with van der Waals surface area (Å²) in [4.78, 5) is 15.2. The number of nitrogens with one attached hydrogen (secondary N) is 1. The fourth-order valence-corrected chi connectivity index (χ4v) is 1.60. The van der Waals surface area contributed by atoms with Gasteiger partial charge in [0.05, 0.1) is 6.04 Å². The maximum atomic E-state index is 11.3. The molecule has 3 heteroatoms. The minimum absolute atomic E-state index is 0.0300. The van der Waals surface area contributed by atoms with Gasteiger partial charge in [-0.2, -0.15) is 0 Å². The summed E-state index contributed by atoms with van der Waals surface area (Å²) in [5, 5.41) is 3.18. The van der Waals surface area contributed by atoms with Crippen molar-refractivity contribution in [1.82, 2.24) is 10.3 Å². The number of hydrogen-bond donors (Lipinski definition) is 1. The maximum Gasteiger partial charge on any atom is 0.151 e. The average molecular weight is 176 g/mol. The van der Waals surface area contributed by atoms with Gasteiger partial charge < -0.3 is 5.32 Å². The van der Waals surface area contributed by atoms with Crippen molar-refractivity contribution in [3.63, 3.8) is 0 Å². The minimum Gasteiger partial charge on any atom is -0.307 e. The molecule has 0 amide bonds. The number of nitrogens with zero attached hydrogens (tertiary/aromatic N) is 1. The summed E-state index contributed by atoms with van der Waals surface area (Å²) in [6.45, 7) is 0.828. The van der Waals surface area contributed by atoms with E-state index in [-0.39, 0.29) is 6.04 Å². The number of ketones is 1. The van der Waals surface area contributed by atoms with Crippen molar-refractivity contribution in [2.75, 3.05) is 6.54 Å². The highest BCUT2D eigenvalue weighted by atomic mass is 16.1. The van der Waals surface area contributed by atoms with Gasteiger partial charge in [-0.05, 0) is 24.1 Å². The van der Waals surface area contributed by atoms with Crippen LogP contribution in [0.5, 0.6) is 0 Å². The Kier molecular flexibility index (Phi) is 2.36. The lowest BCUT2D eigenvalue weighted by molar-refractivity contribution is -0.118. The van der Waals surface area contributed by atoms with Crippen LogP contribution in [0.15, 0.2) is 24.5 Å².